The lowest BCUT2D eigenvalue weighted by atomic mass is 10.2. The molecule has 0 amide bonds. The summed E-state index contributed by atoms with van der Waals surface area (Å²) in [5, 5.41) is 0. The van der Waals surface area contributed by atoms with Gasteiger partial charge in [-0.25, -0.2) is 21.6 Å². The summed E-state index contributed by atoms with van der Waals surface area (Å²) in [6.07, 6.45) is 4.49. The Hall–Kier alpha value is -1.04. The molecule has 2 saturated heterocycles. The first-order valence-electron chi connectivity index (χ1n) is 9.69. The second kappa shape index (κ2) is 9.64. The van der Waals surface area contributed by atoms with Crippen molar-refractivity contribution in [1.82, 2.24) is 9.03 Å². The lowest BCUT2D eigenvalue weighted by Gasteiger charge is -2.15. The van der Waals surface area contributed by atoms with Crippen LogP contribution in [-0.2, 0) is 29.5 Å². The maximum absolute atomic E-state index is 12.5. The fourth-order valence-corrected chi connectivity index (χ4v) is 5.91. The number of hydrogen-bond donors (Lipinski definition) is 1. The van der Waals surface area contributed by atoms with Gasteiger partial charge in [0.05, 0.1) is 22.5 Å². The van der Waals surface area contributed by atoms with Crippen molar-refractivity contribution in [3.05, 3.63) is 24.3 Å². The summed E-state index contributed by atoms with van der Waals surface area (Å²) >= 11 is 0. The monoisotopic (exact) mass is 432 g/mol. The molecule has 2 aliphatic rings. The number of benzene rings is 1. The highest BCUT2D eigenvalue weighted by atomic mass is 32.2. The fourth-order valence-electron chi connectivity index (χ4n) is 3.32. The standard InChI is InChI=1S/C18H28N2O6S2/c21-27(22,19-10-4-13-25-15-16-5-3-14-26-16)17-6-8-18(9-7-17)28(23,24)20-11-1-2-12-20/h6-9,16,19H,1-5,10-15H2/t16-/m0/s1. The molecule has 2 heterocycles. The van der Waals surface area contributed by atoms with Crippen molar-refractivity contribution in [2.45, 2.75) is 48.0 Å². The summed E-state index contributed by atoms with van der Waals surface area (Å²) in [6, 6.07) is 5.37. The van der Waals surface area contributed by atoms with Gasteiger partial charge in [0.1, 0.15) is 0 Å². The Morgan fingerprint density at radius 3 is 2.36 bits per heavy atom. The molecule has 1 atom stereocenters. The molecule has 10 heteroatoms. The summed E-state index contributed by atoms with van der Waals surface area (Å²) in [5.41, 5.74) is 0. The lowest BCUT2D eigenvalue weighted by Crippen LogP contribution is -2.28. The summed E-state index contributed by atoms with van der Waals surface area (Å²) in [7, 11) is -7.23. The first-order chi connectivity index (χ1) is 13.4. The van der Waals surface area contributed by atoms with Crippen LogP contribution in [0.3, 0.4) is 0 Å². The van der Waals surface area contributed by atoms with E-state index in [4.69, 9.17) is 9.47 Å². The molecular formula is C18H28N2O6S2. The number of nitrogens with one attached hydrogen (secondary N) is 1. The second-order valence-electron chi connectivity index (χ2n) is 7.04. The van der Waals surface area contributed by atoms with Crippen LogP contribution in [0.4, 0.5) is 0 Å². The molecule has 158 valence electrons. The molecule has 28 heavy (non-hydrogen) atoms. The van der Waals surface area contributed by atoms with Gasteiger partial charge in [-0.2, -0.15) is 4.31 Å². The molecule has 0 unspecified atom stereocenters. The molecule has 2 aliphatic heterocycles. The Morgan fingerprint density at radius 2 is 1.71 bits per heavy atom. The van der Waals surface area contributed by atoms with Gasteiger partial charge in [-0.3, -0.25) is 0 Å². The Kier molecular flexibility index (Phi) is 7.46. The molecule has 3 rings (SSSR count). The molecule has 1 N–H and O–H groups in total. The highest BCUT2D eigenvalue weighted by Gasteiger charge is 2.27. The van der Waals surface area contributed by atoms with Crippen LogP contribution in [0, 0.1) is 0 Å². The van der Waals surface area contributed by atoms with Crippen LogP contribution in [0.2, 0.25) is 0 Å². The molecule has 2 fully saturated rings. The fraction of sp³-hybridized carbons (Fsp3) is 0.667. The van der Waals surface area contributed by atoms with Crippen LogP contribution in [0.15, 0.2) is 34.1 Å². The zero-order chi connectivity index (χ0) is 20.0. The van der Waals surface area contributed by atoms with Crippen LogP contribution in [0.5, 0.6) is 0 Å². The molecule has 0 radical (unpaired) electrons. The average Bonchev–Trinajstić information content (AvgIpc) is 3.38. The van der Waals surface area contributed by atoms with E-state index in [0.29, 0.717) is 32.7 Å². The SMILES string of the molecule is O=S(=O)(NCCCOC[C@@H]1CCCO1)c1ccc(S(=O)(=O)N2CCCC2)cc1. The average molecular weight is 433 g/mol. The number of hydrogen-bond acceptors (Lipinski definition) is 6. The van der Waals surface area contributed by atoms with Crippen molar-refractivity contribution in [3.63, 3.8) is 0 Å². The topological polar surface area (TPSA) is 102 Å². The zero-order valence-electron chi connectivity index (χ0n) is 15.9. The predicted molar refractivity (Wildman–Crippen MR) is 104 cm³/mol. The van der Waals surface area contributed by atoms with Crippen LogP contribution >= 0.6 is 0 Å². The predicted octanol–water partition coefficient (Wildman–Crippen LogP) is 1.34. The van der Waals surface area contributed by atoms with Crippen molar-refractivity contribution in [2.75, 3.05) is 39.5 Å². The van der Waals surface area contributed by atoms with Crippen LogP contribution < -0.4 is 4.72 Å². The Labute approximate surface area is 167 Å². The van der Waals surface area contributed by atoms with Gasteiger partial charge in [0.25, 0.3) is 0 Å². The number of sulfonamides is 2. The van der Waals surface area contributed by atoms with Gasteiger partial charge < -0.3 is 9.47 Å². The summed E-state index contributed by atoms with van der Waals surface area (Å²) in [6.45, 7) is 3.06. The van der Waals surface area contributed by atoms with Crippen molar-refractivity contribution >= 4 is 20.0 Å². The van der Waals surface area contributed by atoms with Crippen LogP contribution in [-0.4, -0.2) is 66.7 Å². The van der Waals surface area contributed by atoms with E-state index in [1.807, 2.05) is 0 Å². The van der Waals surface area contributed by atoms with E-state index in [-0.39, 0.29) is 22.4 Å². The molecule has 0 bridgehead atoms. The third-order valence-corrected chi connectivity index (χ3v) is 8.31. The van der Waals surface area contributed by atoms with Gasteiger partial charge in [-0.1, -0.05) is 0 Å². The molecule has 0 aliphatic carbocycles. The minimum absolute atomic E-state index is 0.0492. The van der Waals surface area contributed by atoms with E-state index in [1.165, 1.54) is 28.6 Å². The van der Waals surface area contributed by atoms with Crippen molar-refractivity contribution in [1.29, 1.82) is 0 Å². The van der Waals surface area contributed by atoms with Crippen molar-refractivity contribution < 1.29 is 26.3 Å². The summed E-state index contributed by atoms with van der Waals surface area (Å²) < 4.78 is 64.6. The quantitative estimate of drug-likeness (QED) is 0.560. The molecule has 1 aromatic rings. The largest absolute Gasteiger partial charge is 0.379 e. The van der Waals surface area contributed by atoms with Crippen molar-refractivity contribution in [2.24, 2.45) is 0 Å². The van der Waals surface area contributed by atoms with E-state index < -0.39 is 20.0 Å². The van der Waals surface area contributed by atoms with E-state index in [2.05, 4.69) is 4.72 Å². The summed E-state index contributed by atoms with van der Waals surface area (Å²) in [4.78, 5) is 0.170. The second-order valence-corrected chi connectivity index (χ2v) is 10.7. The van der Waals surface area contributed by atoms with Crippen LogP contribution in [0.1, 0.15) is 32.1 Å². The zero-order valence-corrected chi connectivity index (χ0v) is 17.5. The van der Waals surface area contributed by atoms with E-state index in [9.17, 15) is 16.8 Å². The van der Waals surface area contributed by atoms with Gasteiger partial charge in [-0.05, 0) is 56.4 Å². The molecule has 0 aromatic heterocycles. The number of rotatable bonds is 10. The number of ether oxygens (including phenoxy) is 2. The van der Waals surface area contributed by atoms with Crippen LogP contribution in [0.25, 0.3) is 0 Å². The van der Waals surface area contributed by atoms with E-state index in [1.54, 1.807) is 0 Å². The molecule has 1 aromatic carbocycles. The highest BCUT2D eigenvalue weighted by Crippen LogP contribution is 2.22. The van der Waals surface area contributed by atoms with Gasteiger partial charge in [0.2, 0.25) is 20.0 Å². The lowest BCUT2D eigenvalue weighted by molar-refractivity contribution is 0.0169. The minimum Gasteiger partial charge on any atom is -0.379 e. The van der Waals surface area contributed by atoms with Gasteiger partial charge in [-0.15, -0.1) is 0 Å². The first kappa shape index (κ1) is 21.7. The van der Waals surface area contributed by atoms with Crippen molar-refractivity contribution in [3.8, 4) is 0 Å². The maximum atomic E-state index is 12.5. The third kappa shape index (κ3) is 5.52. The molecule has 0 saturated carbocycles. The number of nitrogens with zero attached hydrogens (tertiary/aromatic N) is 1. The molecular weight excluding hydrogens is 404 g/mol. The van der Waals surface area contributed by atoms with Gasteiger partial charge in [0.15, 0.2) is 0 Å². The maximum Gasteiger partial charge on any atom is 0.243 e. The Morgan fingerprint density at radius 1 is 1.04 bits per heavy atom. The van der Waals surface area contributed by atoms with E-state index >= 15 is 0 Å². The highest BCUT2D eigenvalue weighted by molar-refractivity contribution is 7.89. The molecule has 0 spiro atoms. The third-order valence-electron chi connectivity index (χ3n) is 4.92. The Bertz CT molecular complexity index is 827. The summed E-state index contributed by atoms with van der Waals surface area (Å²) in [5.74, 6) is 0. The van der Waals surface area contributed by atoms with E-state index in [0.717, 1.165) is 32.3 Å². The van der Waals surface area contributed by atoms with Gasteiger partial charge in [0, 0.05) is 32.8 Å². The molecule has 8 nitrogen and oxygen atoms in total. The normalized spacial score (nSPS) is 21.4. The minimum atomic E-state index is -3.68. The Balaban J connectivity index is 1.46. The first-order valence-corrected chi connectivity index (χ1v) is 12.6. The van der Waals surface area contributed by atoms with Gasteiger partial charge >= 0.3 is 0 Å². The smallest absolute Gasteiger partial charge is 0.243 e.